The molecule has 0 saturated carbocycles. The first-order valence-corrected chi connectivity index (χ1v) is 11.1. The van der Waals surface area contributed by atoms with Gasteiger partial charge in [-0.05, 0) is 29.8 Å². The van der Waals surface area contributed by atoms with E-state index in [1.165, 1.54) is 0 Å². The van der Waals surface area contributed by atoms with E-state index in [-0.39, 0.29) is 29.6 Å². The molecule has 9 nitrogen and oxygen atoms in total. The third-order valence-electron chi connectivity index (χ3n) is 6.29. The number of nitriles is 1. The van der Waals surface area contributed by atoms with E-state index >= 15 is 0 Å². The average Bonchev–Trinajstić information content (AvgIpc) is 3.39. The van der Waals surface area contributed by atoms with Gasteiger partial charge in [-0.3, -0.25) is 4.79 Å². The van der Waals surface area contributed by atoms with E-state index in [1.807, 2.05) is 6.07 Å². The SMILES string of the molecule is N#CC1=C(N)OC2=C(C(=O)C[C@H](c3ccco3)C2)[C@@H]1c1ccc(OC(=O)N2CCOCC2)cc1. The van der Waals surface area contributed by atoms with Crippen molar-refractivity contribution in [3.63, 3.8) is 0 Å². The van der Waals surface area contributed by atoms with Crippen molar-refractivity contribution in [2.75, 3.05) is 26.3 Å². The summed E-state index contributed by atoms with van der Waals surface area (Å²) in [5.74, 6) is 0.604. The molecule has 174 valence electrons. The number of furan rings is 1. The Kier molecular flexibility index (Phi) is 5.82. The summed E-state index contributed by atoms with van der Waals surface area (Å²) in [6.45, 7) is 1.92. The number of carbonyl (C=O) groups excluding carboxylic acids is 2. The number of allylic oxidation sites excluding steroid dienone is 3. The Balaban J connectivity index is 1.41. The number of rotatable bonds is 3. The summed E-state index contributed by atoms with van der Waals surface area (Å²) < 4.78 is 22.0. The molecule has 1 aliphatic carbocycles. The molecule has 0 spiro atoms. The summed E-state index contributed by atoms with van der Waals surface area (Å²) in [6, 6.07) is 12.5. The van der Waals surface area contributed by atoms with Crippen LogP contribution in [0.3, 0.4) is 0 Å². The van der Waals surface area contributed by atoms with E-state index in [1.54, 1.807) is 41.5 Å². The molecule has 1 aromatic carbocycles. The molecule has 1 amide bonds. The molecule has 2 aromatic rings. The Labute approximate surface area is 196 Å². The molecular formula is C25H23N3O6. The fourth-order valence-corrected chi connectivity index (χ4v) is 4.61. The molecule has 0 radical (unpaired) electrons. The van der Waals surface area contributed by atoms with Gasteiger partial charge in [0, 0.05) is 37.4 Å². The number of amides is 1. The zero-order valence-electron chi connectivity index (χ0n) is 18.4. The van der Waals surface area contributed by atoms with Gasteiger partial charge in [-0.25, -0.2) is 4.79 Å². The number of carbonyl (C=O) groups is 2. The highest BCUT2D eigenvalue weighted by Crippen LogP contribution is 2.46. The molecule has 3 aliphatic rings. The molecule has 1 saturated heterocycles. The zero-order chi connectivity index (χ0) is 23.7. The quantitative estimate of drug-likeness (QED) is 0.737. The van der Waals surface area contributed by atoms with Gasteiger partial charge in [0.2, 0.25) is 5.88 Å². The minimum Gasteiger partial charge on any atom is -0.469 e. The topological polar surface area (TPSA) is 128 Å². The minimum absolute atomic E-state index is 0.0121. The molecule has 0 unspecified atom stereocenters. The van der Waals surface area contributed by atoms with E-state index in [9.17, 15) is 14.9 Å². The maximum atomic E-state index is 13.2. The van der Waals surface area contributed by atoms with Gasteiger partial charge in [0.1, 0.15) is 28.9 Å². The van der Waals surface area contributed by atoms with Gasteiger partial charge in [0.25, 0.3) is 0 Å². The van der Waals surface area contributed by atoms with Crippen molar-refractivity contribution in [3.8, 4) is 11.8 Å². The lowest BCUT2D eigenvalue weighted by molar-refractivity contribution is -0.117. The summed E-state index contributed by atoms with van der Waals surface area (Å²) in [5, 5.41) is 9.79. The summed E-state index contributed by atoms with van der Waals surface area (Å²) in [5.41, 5.74) is 7.40. The van der Waals surface area contributed by atoms with E-state index in [0.717, 1.165) is 0 Å². The third-order valence-corrected chi connectivity index (χ3v) is 6.29. The average molecular weight is 461 g/mol. The van der Waals surface area contributed by atoms with Gasteiger partial charge in [0.05, 0.1) is 25.4 Å². The lowest BCUT2D eigenvalue weighted by Crippen LogP contribution is -2.42. The number of morpholine rings is 1. The first-order valence-electron chi connectivity index (χ1n) is 11.1. The fourth-order valence-electron chi connectivity index (χ4n) is 4.61. The van der Waals surface area contributed by atoms with Crippen molar-refractivity contribution in [2.45, 2.75) is 24.7 Å². The molecule has 9 heteroatoms. The summed E-state index contributed by atoms with van der Waals surface area (Å²) >= 11 is 0. The van der Waals surface area contributed by atoms with Crippen LogP contribution in [0.4, 0.5) is 4.79 Å². The van der Waals surface area contributed by atoms with E-state index in [4.69, 9.17) is 24.4 Å². The summed E-state index contributed by atoms with van der Waals surface area (Å²) in [7, 11) is 0. The van der Waals surface area contributed by atoms with Crippen LogP contribution in [0.5, 0.6) is 5.75 Å². The van der Waals surface area contributed by atoms with Crippen LogP contribution in [0.2, 0.25) is 0 Å². The van der Waals surface area contributed by atoms with Crippen LogP contribution in [0.1, 0.15) is 36.0 Å². The molecule has 0 bridgehead atoms. The molecule has 1 fully saturated rings. The maximum Gasteiger partial charge on any atom is 0.415 e. The van der Waals surface area contributed by atoms with Gasteiger partial charge in [0.15, 0.2) is 5.78 Å². The number of Topliss-reactive ketones (excluding diaryl/α,β-unsaturated/α-hetero) is 1. The van der Waals surface area contributed by atoms with Gasteiger partial charge >= 0.3 is 6.09 Å². The van der Waals surface area contributed by atoms with Gasteiger partial charge < -0.3 is 29.3 Å². The van der Waals surface area contributed by atoms with Crippen molar-refractivity contribution < 1.29 is 28.2 Å². The normalized spacial score (nSPS) is 22.7. The number of ketones is 1. The van der Waals surface area contributed by atoms with Crippen molar-refractivity contribution >= 4 is 11.9 Å². The molecule has 34 heavy (non-hydrogen) atoms. The number of benzene rings is 1. The Morgan fingerprint density at radius 1 is 1.15 bits per heavy atom. The lowest BCUT2D eigenvalue weighted by Gasteiger charge is -2.33. The Morgan fingerprint density at radius 3 is 2.59 bits per heavy atom. The highest BCUT2D eigenvalue weighted by atomic mass is 16.6. The molecule has 3 heterocycles. The molecule has 1 aromatic heterocycles. The van der Waals surface area contributed by atoms with Crippen molar-refractivity contribution in [1.29, 1.82) is 5.26 Å². The van der Waals surface area contributed by atoms with Gasteiger partial charge in [-0.1, -0.05) is 12.1 Å². The fraction of sp³-hybridized carbons (Fsp3) is 0.320. The van der Waals surface area contributed by atoms with E-state index in [2.05, 4.69) is 6.07 Å². The summed E-state index contributed by atoms with van der Waals surface area (Å²) in [4.78, 5) is 27.2. The van der Waals surface area contributed by atoms with Crippen LogP contribution >= 0.6 is 0 Å². The Hall–Kier alpha value is -4.03. The second-order valence-electron chi connectivity index (χ2n) is 8.34. The lowest BCUT2D eigenvalue weighted by atomic mass is 9.74. The highest BCUT2D eigenvalue weighted by Gasteiger charge is 2.41. The first-order chi connectivity index (χ1) is 16.5. The second-order valence-corrected chi connectivity index (χ2v) is 8.34. The van der Waals surface area contributed by atoms with Crippen molar-refractivity contribution in [3.05, 3.63) is 76.8 Å². The standard InChI is InChI=1S/C25H23N3O6/c26-14-18-22(15-3-5-17(6-4-15)33-25(30)28-7-10-31-11-8-28)23-19(29)12-16(20-2-1-9-32-20)13-21(23)34-24(18)27/h1-6,9,16,22H,7-8,10-13,27H2/t16-,22+/m0/s1. The monoisotopic (exact) mass is 461 g/mol. The number of nitrogens with zero attached hydrogens (tertiary/aromatic N) is 2. The second kappa shape index (κ2) is 9.08. The van der Waals surface area contributed by atoms with E-state index in [0.29, 0.717) is 61.1 Å². The van der Waals surface area contributed by atoms with Crippen LogP contribution < -0.4 is 10.5 Å². The van der Waals surface area contributed by atoms with Crippen LogP contribution in [-0.2, 0) is 14.3 Å². The predicted molar refractivity (Wildman–Crippen MR) is 118 cm³/mol. The minimum atomic E-state index is -0.650. The number of hydrogen-bond acceptors (Lipinski definition) is 8. The van der Waals surface area contributed by atoms with Crippen molar-refractivity contribution in [2.24, 2.45) is 5.73 Å². The maximum absolute atomic E-state index is 13.2. The highest BCUT2D eigenvalue weighted by molar-refractivity contribution is 6.00. The van der Waals surface area contributed by atoms with Gasteiger partial charge in [-0.15, -0.1) is 0 Å². The zero-order valence-corrected chi connectivity index (χ0v) is 18.4. The number of ether oxygens (including phenoxy) is 3. The van der Waals surface area contributed by atoms with Gasteiger partial charge in [-0.2, -0.15) is 5.26 Å². The van der Waals surface area contributed by atoms with E-state index < -0.39 is 12.0 Å². The number of nitrogens with two attached hydrogens (primary N) is 1. The van der Waals surface area contributed by atoms with Crippen LogP contribution in [0, 0.1) is 11.3 Å². The largest absolute Gasteiger partial charge is 0.469 e. The molecule has 2 N–H and O–H groups in total. The third kappa shape index (κ3) is 4.04. The Bertz CT molecular complexity index is 1200. The molecule has 2 atom stereocenters. The smallest absolute Gasteiger partial charge is 0.415 e. The first kappa shape index (κ1) is 21.8. The Morgan fingerprint density at radius 2 is 1.91 bits per heavy atom. The predicted octanol–water partition coefficient (Wildman–Crippen LogP) is 3.32. The molecular weight excluding hydrogens is 438 g/mol. The summed E-state index contributed by atoms with van der Waals surface area (Å²) in [6.07, 6.45) is 1.82. The van der Waals surface area contributed by atoms with Crippen LogP contribution in [0.15, 0.2) is 69.9 Å². The van der Waals surface area contributed by atoms with Crippen LogP contribution in [0.25, 0.3) is 0 Å². The van der Waals surface area contributed by atoms with Crippen molar-refractivity contribution in [1.82, 2.24) is 4.90 Å². The molecule has 2 aliphatic heterocycles. The molecule has 5 rings (SSSR count). The van der Waals surface area contributed by atoms with Crippen LogP contribution in [-0.4, -0.2) is 43.1 Å². The number of hydrogen-bond donors (Lipinski definition) is 1.